The zero-order valence-electron chi connectivity index (χ0n) is 13.2. The average molecular weight is 340 g/mol. The second-order valence-electron chi connectivity index (χ2n) is 4.99. The third-order valence-corrected chi connectivity index (χ3v) is 3.58. The standard InChI is InChI=1S/C13H21N6O3P/c1-9(2)22-10(20)5-18-23-8-21-4-3-19-7-17-11-12(14)15-6-16-13(11)19/h6-7,9,18,23H,3-5,8H2,1-2H3,(H2,14,15,16). The van der Waals surface area contributed by atoms with Crippen LogP contribution in [0.2, 0.25) is 0 Å². The van der Waals surface area contributed by atoms with Crippen LogP contribution in [0.3, 0.4) is 0 Å². The summed E-state index contributed by atoms with van der Waals surface area (Å²) in [5.74, 6) is 0.114. The Labute approximate surface area is 135 Å². The quantitative estimate of drug-likeness (QED) is 0.385. The monoisotopic (exact) mass is 340 g/mol. The molecule has 2 rings (SSSR count). The number of rotatable bonds is 9. The zero-order chi connectivity index (χ0) is 16.7. The Hall–Kier alpha value is -1.83. The molecule has 0 spiro atoms. The summed E-state index contributed by atoms with van der Waals surface area (Å²) in [4.78, 5) is 23.5. The molecule has 10 heteroatoms. The number of aromatic nitrogens is 4. The Morgan fingerprint density at radius 1 is 1.43 bits per heavy atom. The third-order valence-electron chi connectivity index (χ3n) is 2.81. The first kappa shape index (κ1) is 17.5. The highest BCUT2D eigenvalue weighted by Crippen LogP contribution is 2.14. The fourth-order valence-corrected chi connectivity index (χ4v) is 2.46. The maximum Gasteiger partial charge on any atom is 0.320 e. The van der Waals surface area contributed by atoms with Gasteiger partial charge < -0.3 is 19.8 Å². The van der Waals surface area contributed by atoms with Gasteiger partial charge >= 0.3 is 5.97 Å². The van der Waals surface area contributed by atoms with Crippen molar-refractivity contribution in [1.29, 1.82) is 0 Å². The summed E-state index contributed by atoms with van der Waals surface area (Å²) in [6, 6.07) is 0. The van der Waals surface area contributed by atoms with E-state index in [2.05, 4.69) is 20.0 Å². The van der Waals surface area contributed by atoms with Gasteiger partial charge in [-0.25, -0.2) is 15.0 Å². The van der Waals surface area contributed by atoms with Crippen LogP contribution in [-0.4, -0.2) is 51.1 Å². The van der Waals surface area contributed by atoms with E-state index in [1.165, 1.54) is 6.33 Å². The summed E-state index contributed by atoms with van der Waals surface area (Å²) < 4.78 is 12.4. The lowest BCUT2D eigenvalue weighted by Crippen LogP contribution is -2.22. The van der Waals surface area contributed by atoms with Gasteiger partial charge in [0.1, 0.15) is 11.8 Å². The molecule has 1 atom stereocenters. The maximum atomic E-state index is 11.3. The molecule has 126 valence electrons. The first-order chi connectivity index (χ1) is 11.1. The highest BCUT2D eigenvalue weighted by molar-refractivity contribution is 7.35. The number of nitrogens with one attached hydrogen (secondary N) is 1. The van der Waals surface area contributed by atoms with Crippen molar-refractivity contribution in [2.75, 3.05) is 25.2 Å². The summed E-state index contributed by atoms with van der Waals surface area (Å²) in [6.45, 7) is 4.97. The van der Waals surface area contributed by atoms with Crippen molar-refractivity contribution in [3.8, 4) is 0 Å². The molecule has 23 heavy (non-hydrogen) atoms. The molecule has 0 aliphatic rings. The van der Waals surface area contributed by atoms with Crippen LogP contribution in [0.15, 0.2) is 12.7 Å². The molecule has 2 heterocycles. The Morgan fingerprint density at radius 2 is 2.26 bits per heavy atom. The van der Waals surface area contributed by atoms with Gasteiger partial charge in [-0.05, 0) is 22.6 Å². The zero-order valence-corrected chi connectivity index (χ0v) is 14.2. The molecular formula is C13H21N6O3P. The van der Waals surface area contributed by atoms with Crippen LogP contribution in [0.25, 0.3) is 11.2 Å². The molecule has 0 aliphatic heterocycles. The number of nitrogen functional groups attached to an aromatic ring is 1. The van der Waals surface area contributed by atoms with Crippen molar-refractivity contribution >= 4 is 31.7 Å². The number of hydrogen-bond donors (Lipinski definition) is 2. The number of imidazole rings is 1. The van der Waals surface area contributed by atoms with E-state index < -0.39 is 0 Å². The highest BCUT2D eigenvalue weighted by atomic mass is 31.1. The van der Waals surface area contributed by atoms with Crippen molar-refractivity contribution in [3.63, 3.8) is 0 Å². The number of anilines is 1. The van der Waals surface area contributed by atoms with E-state index in [-0.39, 0.29) is 18.6 Å². The minimum atomic E-state index is -0.255. The van der Waals surface area contributed by atoms with Gasteiger partial charge in [0.15, 0.2) is 11.5 Å². The molecule has 0 fully saturated rings. The summed E-state index contributed by atoms with van der Waals surface area (Å²) in [7, 11) is 0.332. The fourth-order valence-electron chi connectivity index (χ4n) is 1.84. The Kier molecular flexibility index (Phi) is 6.64. The largest absolute Gasteiger partial charge is 0.462 e. The van der Waals surface area contributed by atoms with Crippen LogP contribution in [0.1, 0.15) is 13.8 Å². The highest BCUT2D eigenvalue weighted by Gasteiger charge is 2.07. The molecular weight excluding hydrogens is 319 g/mol. The van der Waals surface area contributed by atoms with Gasteiger partial charge in [-0.15, -0.1) is 0 Å². The fraction of sp³-hybridized carbons (Fsp3) is 0.538. The van der Waals surface area contributed by atoms with Crippen LogP contribution >= 0.6 is 8.73 Å². The SMILES string of the molecule is CC(C)OC(=O)CNPCOCCn1cnc2c(N)ncnc21. The van der Waals surface area contributed by atoms with E-state index >= 15 is 0 Å². The Morgan fingerprint density at radius 3 is 3.04 bits per heavy atom. The second kappa shape index (κ2) is 8.71. The first-order valence-corrected chi connectivity index (χ1v) is 8.43. The molecule has 0 bridgehead atoms. The van der Waals surface area contributed by atoms with Gasteiger partial charge in [-0.2, -0.15) is 0 Å². The lowest BCUT2D eigenvalue weighted by atomic mass is 10.5. The number of nitrogens with zero attached hydrogens (tertiary/aromatic N) is 4. The van der Waals surface area contributed by atoms with E-state index in [0.717, 1.165) is 0 Å². The predicted molar refractivity (Wildman–Crippen MR) is 88.1 cm³/mol. The smallest absolute Gasteiger partial charge is 0.320 e. The Balaban J connectivity index is 1.62. The van der Waals surface area contributed by atoms with E-state index in [4.69, 9.17) is 15.2 Å². The number of nitrogens with two attached hydrogens (primary N) is 1. The predicted octanol–water partition coefficient (Wildman–Crippen LogP) is 0.517. The van der Waals surface area contributed by atoms with Crippen molar-refractivity contribution < 1.29 is 14.3 Å². The van der Waals surface area contributed by atoms with Crippen molar-refractivity contribution in [2.45, 2.75) is 26.5 Å². The lowest BCUT2D eigenvalue weighted by Gasteiger charge is -2.09. The van der Waals surface area contributed by atoms with Crippen LogP contribution in [-0.2, 0) is 20.8 Å². The molecule has 0 radical (unpaired) electrons. The Bertz CT molecular complexity index is 648. The number of carbonyl (C=O) groups is 1. The molecule has 0 aliphatic carbocycles. The number of esters is 1. The van der Waals surface area contributed by atoms with Gasteiger partial charge in [0.25, 0.3) is 0 Å². The molecule has 0 aromatic carbocycles. The van der Waals surface area contributed by atoms with E-state index in [0.29, 0.717) is 45.2 Å². The molecule has 0 amide bonds. The first-order valence-electron chi connectivity index (χ1n) is 7.22. The molecule has 2 aromatic rings. The topological polar surface area (TPSA) is 117 Å². The normalized spacial score (nSPS) is 11.8. The molecule has 0 saturated carbocycles. The summed E-state index contributed by atoms with van der Waals surface area (Å²) in [5.41, 5.74) is 7.02. The van der Waals surface area contributed by atoms with Gasteiger partial charge in [-0.3, -0.25) is 9.88 Å². The molecule has 1 unspecified atom stereocenters. The van der Waals surface area contributed by atoms with E-state index in [9.17, 15) is 4.79 Å². The molecule has 3 N–H and O–H groups in total. The summed E-state index contributed by atoms with van der Waals surface area (Å²) in [5, 5.41) is 2.99. The third kappa shape index (κ3) is 5.38. The van der Waals surface area contributed by atoms with Crippen LogP contribution in [0, 0.1) is 0 Å². The van der Waals surface area contributed by atoms with Crippen LogP contribution in [0.5, 0.6) is 0 Å². The van der Waals surface area contributed by atoms with Crippen LogP contribution in [0.4, 0.5) is 5.82 Å². The average Bonchev–Trinajstić information content (AvgIpc) is 2.90. The number of ether oxygens (including phenoxy) is 2. The second-order valence-corrected chi connectivity index (χ2v) is 5.99. The maximum absolute atomic E-state index is 11.3. The summed E-state index contributed by atoms with van der Waals surface area (Å²) in [6.07, 6.45) is 3.52. The van der Waals surface area contributed by atoms with Gasteiger partial charge in [-0.1, -0.05) is 0 Å². The summed E-state index contributed by atoms with van der Waals surface area (Å²) >= 11 is 0. The number of carbonyl (C=O) groups excluding carboxylic acids is 1. The van der Waals surface area contributed by atoms with Crippen molar-refractivity contribution in [1.82, 2.24) is 24.6 Å². The molecule has 9 nitrogen and oxygen atoms in total. The van der Waals surface area contributed by atoms with Crippen molar-refractivity contribution in [3.05, 3.63) is 12.7 Å². The van der Waals surface area contributed by atoms with Gasteiger partial charge in [0, 0.05) is 6.54 Å². The lowest BCUT2D eigenvalue weighted by molar-refractivity contribution is -0.145. The van der Waals surface area contributed by atoms with E-state index in [1.807, 2.05) is 18.4 Å². The molecule has 0 saturated heterocycles. The number of hydrogen-bond acceptors (Lipinski definition) is 8. The minimum Gasteiger partial charge on any atom is -0.462 e. The van der Waals surface area contributed by atoms with Gasteiger partial charge in [0.05, 0.1) is 31.9 Å². The molecule has 2 aromatic heterocycles. The minimum absolute atomic E-state index is 0.0910. The number of fused-ring (bicyclic) bond motifs is 1. The van der Waals surface area contributed by atoms with Crippen molar-refractivity contribution in [2.24, 2.45) is 0 Å². The van der Waals surface area contributed by atoms with Crippen LogP contribution < -0.4 is 10.8 Å². The van der Waals surface area contributed by atoms with E-state index in [1.54, 1.807) is 6.33 Å². The van der Waals surface area contributed by atoms with Gasteiger partial charge in [0.2, 0.25) is 0 Å².